The maximum Gasteiger partial charge on any atom is 0.265 e. The first kappa shape index (κ1) is 34.6. The van der Waals surface area contributed by atoms with Gasteiger partial charge in [-0.3, -0.25) is 19.3 Å². The van der Waals surface area contributed by atoms with E-state index < -0.39 is 35.0 Å². The first-order chi connectivity index (χ1) is 23.8. The van der Waals surface area contributed by atoms with Crippen LogP contribution in [0.4, 0.5) is 5.69 Å². The lowest BCUT2D eigenvalue weighted by molar-refractivity contribution is -0.159. The van der Waals surface area contributed by atoms with Crippen LogP contribution in [0.25, 0.3) is 0 Å². The van der Waals surface area contributed by atoms with E-state index in [1.54, 1.807) is 0 Å². The maximum atomic E-state index is 15.0. The van der Waals surface area contributed by atoms with Gasteiger partial charge in [0.1, 0.15) is 12.2 Å². The highest BCUT2D eigenvalue weighted by Gasteiger charge is 2.68. The number of hydrogen-bond acceptors (Lipinski definition) is 10. The summed E-state index contributed by atoms with van der Waals surface area (Å²) in [4.78, 5) is 48.7. The van der Waals surface area contributed by atoms with Crippen molar-refractivity contribution < 1.29 is 28.4 Å². The van der Waals surface area contributed by atoms with Gasteiger partial charge >= 0.3 is 0 Å². The predicted octanol–water partition coefficient (Wildman–Crippen LogP) is 5.74. The van der Waals surface area contributed by atoms with Crippen molar-refractivity contribution in [3.8, 4) is 5.88 Å². The fourth-order valence-electron chi connectivity index (χ4n) is 9.20. The number of fused-ring (bicyclic) bond motifs is 4. The normalized spacial score (nSPS) is 26.0. The molecule has 266 valence electrons. The van der Waals surface area contributed by atoms with Crippen molar-refractivity contribution in [1.29, 1.82) is 0 Å². The second kappa shape index (κ2) is 12.7. The van der Waals surface area contributed by atoms with E-state index in [2.05, 4.69) is 49.3 Å². The predicted molar refractivity (Wildman–Crippen MR) is 190 cm³/mol. The molecule has 0 saturated heterocycles. The zero-order valence-electron chi connectivity index (χ0n) is 30.6. The molecule has 4 aliphatic rings. The number of carbonyl (C=O) groups excluding carboxylic acids is 3. The second-order valence-electron chi connectivity index (χ2n) is 15.6. The smallest absolute Gasteiger partial charge is 0.265 e. The average molecular weight is 683 g/mol. The Morgan fingerprint density at radius 1 is 1.08 bits per heavy atom. The number of anilines is 1. The zero-order chi connectivity index (χ0) is 35.7. The van der Waals surface area contributed by atoms with Crippen LogP contribution in [0.2, 0.25) is 0 Å². The maximum absolute atomic E-state index is 15.0. The Kier molecular flexibility index (Phi) is 8.80. The zero-order valence-corrected chi connectivity index (χ0v) is 30.6. The summed E-state index contributed by atoms with van der Waals surface area (Å²) in [5.41, 5.74) is 3.83. The Labute approximate surface area is 294 Å². The lowest BCUT2D eigenvalue weighted by Crippen LogP contribution is -2.67. The van der Waals surface area contributed by atoms with Crippen LogP contribution >= 0.6 is 0 Å². The van der Waals surface area contributed by atoms with Crippen LogP contribution in [0.3, 0.4) is 0 Å². The lowest BCUT2D eigenvalue weighted by Gasteiger charge is -2.52. The highest BCUT2D eigenvalue weighted by Crippen LogP contribution is 2.57. The van der Waals surface area contributed by atoms with E-state index in [0.717, 1.165) is 34.5 Å². The molecule has 0 bridgehead atoms. The summed E-state index contributed by atoms with van der Waals surface area (Å²) in [6.45, 7) is 10.3. The molecule has 5 atom stereocenters. The minimum atomic E-state index is -1.89. The fourth-order valence-corrected chi connectivity index (χ4v) is 9.20. The Bertz CT molecular complexity index is 1830. The molecule has 50 heavy (non-hydrogen) atoms. The standard InChI is InChI=1S/C40H50N4O6/c1-9-44(7)32-25(20-41-39(3,4)26-15-16-26)17-22(2)29-27(32)18-24-19-28-33(43(5)6)35-31(37(47)40(28,48-8)36(46)30(24)34(29)45)38(42-50-35)49-21-23-13-11-10-12-14-23/h10-14,17,24,26,28,30,33,41H,9,15-16,18-21H2,1-8H3. The largest absolute Gasteiger partial charge is 0.470 e. The molecule has 2 aromatic carbocycles. The summed E-state index contributed by atoms with van der Waals surface area (Å²) in [6.07, 6.45) is 3.47. The van der Waals surface area contributed by atoms with Gasteiger partial charge in [0.15, 0.2) is 22.9 Å². The van der Waals surface area contributed by atoms with Crippen molar-refractivity contribution in [3.63, 3.8) is 0 Å². The number of nitrogens with zero attached hydrogens (tertiary/aromatic N) is 3. The molecule has 4 aliphatic carbocycles. The highest BCUT2D eigenvalue weighted by atomic mass is 16.5. The molecule has 5 unspecified atom stereocenters. The number of aryl methyl sites for hydroxylation is 1. The van der Waals surface area contributed by atoms with Crippen molar-refractivity contribution in [2.75, 3.05) is 39.7 Å². The first-order valence-corrected chi connectivity index (χ1v) is 18.0. The molecule has 1 N–H and O–H groups in total. The third-order valence-electron chi connectivity index (χ3n) is 12.1. The van der Waals surface area contributed by atoms with Gasteiger partial charge in [0.25, 0.3) is 5.88 Å². The van der Waals surface area contributed by atoms with Gasteiger partial charge in [-0.15, -0.1) is 0 Å². The molecule has 3 aromatic rings. The van der Waals surface area contributed by atoms with E-state index >= 15 is 4.79 Å². The quantitative estimate of drug-likeness (QED) is 0.251. The van der Waals surface area contributed by atoms with E-state index in [1.807, 2.05) is 56.3 Å². The number of rotatable bonds is 11. The number of hydrogen-bond donors (Lipinski definition) is 1. The number of aromatic nitrogens is 1. The Morgan fingerprint density at radius 3 is 2.44 bits per heavy atom. The van der Waals surface area contributed by atoms with Gasteiger partial charge in [0.05, 0.1) is 12.0 Å². The average Bonchev–Trinajstić information content (AvgIpc) is 3.88. The van der Waals surface area contributed by atoms with E-state index in [9.17, 15) is 9.59 Å². The number of ether oxygens (including phenoxy) is 2. The first-order valence-electron chi connectivity index (χ1n) is 18.0. The number of benzene rings is 2. The number of methoxy groups -OCH3 is 1. The summed E-state index contributed by atoms with van der Waals surface area (Å²) >= 11 is 0. The fraction of sp³-hybridized carbons (Fsp3) is 0.550. The van der Waals surface area contributed by atoms with Gasteiger partial charge in [-0.1, -0.05) is 36.4 Å². The van der Waals surface area contributed by atoms with E-state index in [1.165, 1.54) is 20.0 Å². The van der Waals surface area contributed by atoms with Crippen LogP contribution in [0.1, 0.15) is 94.8 Å². The molecule has 2 saturated carbocycles. The summed E-state index contributed by atoms with van der Waals surface area (Å²) in [7, 11) is 7.27. The topological polar surface area (TPSA) is 114 Å². The number of carbonyl (C=O) groups is 3. The molecule has 1 aromatic heterocycles. The van der Waals surface area contributed by atoms with Crippen LogP contribution in [0.5, 0.6) is 5.88 Å². The van der Waals surface area contributed by atoms with E-state index in [-0.39, 0.29) is 35.3 Å². The van der Waals surface area contributed by atoms with Gasteiger partial charge in [-0.2, -0.15) is 0 Å². The molecule has 0 aliphatic heterocycles. The molecule has 0 spiro atoms. The second-order valence-corrected chi connectivity index (χ2v) is 15.6. The monoisotopic (exact) mass is 682 g/mol. The third-order valence-corrected chi connectivity index (χ3v) is 12.1. The SMILES string of the molecule is CCN(C)c1c(CNC(C)(C)C2CC2)cc(C)c2c1CC1CC3C(N(C)C)c4onc(OCc5ccccc5)c4C(=O)C3(OC)C(=O)C1C2=O. The van der Waals surface area contributed by atoms with Crippen molar-refractivity contribution in [2.24, 2.45) is 23.7 Å². The molecule has 7 rings (SSSR count). The van der Waals surface area contributed by atoms with Crippen molar-refractivity contribution in [1.82, 2.24) is 15.4 Å². The van der Waals surface area contributed by atoms with Crippen molar-refractivity contribution >= 4 is 23.0 Å². The summed E-state index contributed by atoms with van der Waals surface area (Å²) in [6, 6.07) is 11.2. The van der Waals surface area contributed by atoms with Gasteiger partial charge in [-0.25, -0.2) is 0 Å². The van der Waals surface area contributed by atoms with Crippen molar-refractivity contribution in [3.05, 3.63) is 75.5 Å². The van der Waals surface area contributed by atoms with Gasteiger partial charge in [0.2, 0.25) is 5.78 Å². The molecular formula is C40H50N4O6. The number of Topliss-reactive ketones (excluding diaryl/α,β-unsaturated/α-hetero) is 3. The Hall–Kier alpha value is -3.86. The number of nitrogens with one attached hydrogen (secondary N) is 1. The molecular weight excluding hydrogens is 632 g/mol. The van der Waals surface area contributed by atoms with Crippen molar-refractivity contribution in [2.45, 2.75) is 83.7 Å². The third kappa shape index (κ3) is 5.33. The molecule has 1 heterocycles. The van der Waals surface area contributed by atoms with Crippen LogP contribution in [0.15, 0.2) is 40.9 Å². The lowest BCUT2D eigenvalue weighted by atomic mass is 9.53. The van der Waals surface area contributed by atoms with Gasteiger partial charge in [-0.05, 0) is 107 Å². The summed E-state index contributed by atoms with van der Waals surface area (Å²) < 4.78 is 18.1. The molecule has 0 amide bonds. The summed E-state index contributed by atoms with van der Waals surface area (Å²) in [5.74, 6) is -2.09. The number of ketones is 3. The minimum absolute atomic E-state index is 0.0206. The van der Waals surface area contributed by atoms with Crippen LogP contribution in [-0.4, -0.2) is 73.3 Å². The molecule has 10 nitrogen and oxygen atoms in total. The molecule has 10 heteroatoms. The minimum Gasteiger partial charge on any atom is -0.470 e. The van der Waals surface area contributed by atoms with Gasteiger partial charge < -0.3 is 24.2 Å². The van der Waals surface area contributed by atoms with Crippen LogP contribution < -0.4 is 15.0 Å². The highest BCUT2D eigenvalue weighted by molar-refractivity contribution is 6.27. The van der Waals surface area contributed by atoms with Crippen LogP contribution in [0, 0.1) is 30.6 Å². The van der Waals surface area contributed by atoms with E-state index in [0.29, 0.717) is 36.6 Å². The summed E-state index contributed by atoms with van der Waals surface area (Å²) in [5, 5.41) is 8.02. The molecule has 0 radical (unpaired) electrons. The molecule has 2 fully saturated rings. The van der Waals surface area contributed by atoms with Gasteiger partial charge in [0, 0.05) is 50.0 Å². The Morgan fingerprint density at radius 2 is 1.80 bits per heavy atom. The van der Waals surface area contributed by atoms with E-state index in [4.69, 9.17) is 14.0 Å². The van der Waals surface area contributed by atoms with Crippen LogP contribution in [-0.2, 0) is 29.1 Å². The Balaban J connectivity index is 1.29.